The molecule has 30 heavy (non-hydrogen) atoms. The average molecular weight is 415 g/mol. The second kappa shape index (κ2) is 11.0. The second-order valence-corrected chi connectivity index (χ2v) is 12.1. The zero-order valence-electron chi connectivity index (χ0n) is 20.3. The average Bonchev–Trinajstić information content (AvgIpc) is 2.84. The molecular weight excluding hydrogens is 364 g/mol. The van der Waals surface area contributed by atoms with Crippen LogP contribution in [0.25, 0.3) is 0 Å². The molecular formula is C29H50O. The third kappa shape index (κ3) is 5.53. The third-order valence-corrected chi connectivity index (χ3v) is 10.6. The molecule has 2 unspecified atom stereocenters. The number of ketones is 1. The van der Waals surface area contributed by atoms with Gasteiger partial charge in [-0.3, -0.25) is 4.79 Å². The van der Waals surface area contributed by atoms with Crippen LogP contribution in [0.15, 0.2) is 0 Å². The van der Waals surface area contributed by atoms with Crippen molar-refractivity contribution in [1.29, 1.82) is 0 Å². The predicted octanol–water partition coefficient (Wildman–Crippen LogP) is 8.60. The minimum atomic E-state index is 0.414. The van der Waals surface area contributed by atoms with Gasteiger partial charge in [-0.25, -0.2) is 0 Å². The van der Waals surface area contributed by atoms with Gasteiger partial charge in [0.15, 0.2) is 0 Å². The van der Waals surface area contributed by atoms with Crippen LogP contribution in [-0.4, -0.2) is 5.78 Å². The molecule has 0 heterocycles. The molecule has 172 valence electrons. The summed E-state index contributed by atoms with van der Waals surface area (Å²) < 4.78 is 0. The smallest absolute Gasteiger partial charge is 0.139 e. The molecule has 0 N–H and O–H groups in total. The van der Waals surface area contributed by atoms with Crippen LogP contribution in [0.4, 0.5) is 0 Å². The third-order valence-electron chi connectivity index (χ3n) is 10.6. The lowest BCUT2D eigenvalue weighted by atomic mass is 9.65. The minimum Gasteiger partial charge on any atom is -0.299 e. The number of carbonyl (C=O) groups excluding carboxylic acids is 1. The molecule has 1 heteroatoms. The lowest BCUT2D eigenvalue weighted by Gasteiger charge is -2.40. The van der Waals surface area contributed by atoms with E-state index in [1.54, 1.807) is 0 Å². The molecule has 4 rings (SSSR count). The van der Waals surface area contributed by atoms with E-state index in [2.05, 4.69) is 13.8 Å². The first kappa shape index (κ1) is 22.8. The first-order valence-corrected chi connectivity index (χ1v) is 14.2. The molecule has 0 spiro atoms. The highest BCUT2D eigenvalue weighted by Gasteiger charge is 2.37. The van der Waals surface area contributed by atoms with Gasteiger partial charge >= 0.3 is 0 Å². The van der Waals surface area contributed by atoms with Gasteiger partial charge in [-0.05, 0) is 86.9 Å². The van der Waals surface area contributed by atoms with Gasteiger partial charge < -0.3 is 0 Å². The van der Waals surface area contributed by atoms with E-state index in [1.807, 2.05) is 0 Å². The number of Topliss-reactive ketones (excluding diaryl/α,β-unsaturated/α-hetero) is 1. The topological polar surface area (TPSA) is 17.1 Å². The lowest BCUT2D eigenvalue weighted by Crippen LogP contribution is -2.34. The normalized spacial score (nSPS) is 36.9. The van der Waals surface area contributed by atoms with Crippen molar-refractivity contribution in [2.45, 2.75) is 129 Å². The maximum Gasteiger partial charge on any atom is 0.139 e. The van der Waals surface area contributed by atoms with Crippen LogP contribution in [0, 0.1) is 47.3 Å². The molecule has 1 nitrogen and oxygen atoms in total. The van der Waals surface area contributed by atoms with Crippen molar-refractivity contribution >= 4 is 5.78 Å². The van der Waals surface area contributed by atoms with E-state index >= 15 is 0 Å². The fourth-order valence-electron chi connectivity index (χ4n) is 8.28. The molecule has 0 aromatic heterocycles. The van der Waals surface area contributed by atoms with Crippen molar-refractivity contribution in [3.8, 4) is 0 Å². The SMILES string of the molecule is CC(C1CCCCC1)C1CCC(C(=O)C2CCC(C(C)C3CCCCC3)CC2)CC1. The van der Waals surface area contributed by atoms with Gasteiger partial charge in [-0.2, -0.15) is 0 Å². The quantitative estimate of drug-likeness (QED) is 0.425. The molecule has 4 saturated carbocycles. The molecule has 0 aliphatic heterocycles. The van der Waals surface area contributed by atoms with E-state index in [0.717, 1.165) is 35.5 Å². The Hall–Kier alpha value is -0.330. The molecule has 0 aromatic carbocycles. The number of rotatable bonds is 6. The molecule has 0 radical (unpaired) electrons. The van der Waals surface area contributed by atoms with Crippen LogP contribution in [0.2, 0.25) is 0 Å². The largest absolute Gasteiger partial charge is 0.299 e. The van der Waals surface area contributed by atoms with Crippen LogP contribution in [0.3, 0.4) is 0 Å². The Bertz CT molecular complexity index is 464. The van der Waals surface area contributed by atoms with Crippen molar-refractivity contribution in [1.82, 2.24) is 0 Å². The summed E-state index contributed by atoms with van der Waals surface area (Å²) in [4.78, 5) is 13.3. The highest BCUT2D eigenvalue weighted by atomic mass is 16.1. The van der Waals surface area contributed by atoms with E-state index in [0.29, 0.717) is 17.6 Å². The molecule has 4 aliphatic carbocycles. The van der Waals surface area contributed by atoms with Gasteiger partial charge in [0.2, 0.25) is 0 Å². The van der Waals surface area contributed by atoms with Crippen molar-refractivity contribution in [2.75, 3.05) is 0 Å². The summed E-state index contributed by atoms with van der Waals surface area (Å²) in [6.07, 6.45) is 24.9. The first-order chi connectivity index (χ1) is 14.6. The van der Waals surface area contributed by atoms with Crippen molar-refractivity contribution in [3.63, 3.8) is 0 Å². The fraction of sp³-hybridized carbons (Fsp3) is 0.966. The van der Waals surface area contributed by atoms with Crippen molar-refractivity contribution < 1.29 is 4.79 Å². The molecule has 2 atom stereocenters. The number of hydrogen-bond donors (Lipinski definition) is 0. The summed E-state index contributed by atoms with van der Waals surface area (Å²) in [6, 6.07) is 0. The molecule has 4 fully saturated rings. The van der Waals surface area contributed by atoms with Crippen LogP contribution in [0.1, 0.15) is 129 Å². The summed E-state index contributed by atoms with van der Waals surface area (Å²) in [5.74, 6) is 7.09. The van der Waals surface area contributed by atoms with Gasteiger partial charge in [0.25, 0.3) is 0 Å². The monoisotopic (exact) mass is 414 g/mol. The van der Waals surface area contributed by atoms with Gasteiger partial charge in [0.05, 0.1) is 0 Å². The van der Waals surface area contributed by atoms with Crippen LogP contribution in [0.5, 0.6) is 0 Å². The van der Waals surface area contributed by atoms with E-state index in [9.17, 15) is 4.79 Å². The van der Waals surface area contributed by atoms with Gasteiger partial charge in [-0.1, -0.05) is 78.1 Å². The Morgan fingerprint density at radius 1 is 0.467 bits per heavy atom. The van der Waals surface area contributed by atoms with Crippen LogP contribution >= 0.6 is 0 Å². The Morgan fingerprint density at radius 3 is 1.10 bits per heavy atom. The van der Waals surface area contributed by atoms with Gasteiger partial charge in [-0.15, -0.1) is 0 Å². The Kier molecular flexibility index (Phi) is 8.38. The van der Waals surface area contributed by atoms with E-state index in [4.69, 9.17) is 0 Å². The minimum absolute atomic E-state index is 0.414. The van der Waals surface area contributed by atoms with Gasteiger partial charge in [0.1, 0.15) is 5.78 Å². The highest BCUT2D eigenvalue weighted by Crippen LogP contribution is 2.44. The molecule has 4 aliphatic rings. The maximum atomic E-state index is 13.3. The van der Waals surface area contributed by atoms with Crippen molar-refractivity contribution in [2.24, 2.45) is 47.3 Å². The lowest BCUT2D eigenvalue weighted by molar-refractivity contribution is -0.129. The zero-order chi connectivity index (χ0) is 20.9. The number of hydrogen-bond acceptors (Lipinski definition) is 1. The van der Waals surface area contributed by atoms with Crippen LogP contribution < -0.4 is 0 Å². The second-order valence-electron chi connectivity index (χ2n) is 12.1. The summed E-state index contributed by atoms with van der Waals surface area (Å²) in [7, 11) is 0. The predicted molar refractivity (Wildman–Crippen MR) is 127 cm³/mol. The Balaban J connectivity index is 1.19. The standard InChI is InChI=1S/C29H50O/c1-21(23-9-5-3-6-10-23)25-13-17-27(18-14-25)29(30)28-19-15-26(16-20-28)22(2)24-11-7-4-8-12-24/h21-28H,3-20H2,1-2H3. The first-order valence-electron chi connectivity index (χ1n) is 14.2. The highest BCUT2D eigenvalue weighted by molar-refractivity contribution is 5.83. The Morgan fingerprint density at radius 2 is 0.767 bits per heavy atom. The maximum absolute atomic E-state index is 13.3. The fourth-order valence-corrected chi connectivity index (χ4v) is 8.28. The van der Waals surface area contributed by atoms with E-state index in [-0.39, 0.29) is 0 Å². The van der Waals surface area contributed by atoms with Crippen molar-refractivity contribution in [3.05, 3.63) is 0 Å². The van der Waals surface area contributed by atoms with Crippen LogP contribution in [-0.2, 0) is 4.79 Å². The van der Waals surface area contributed by atoms with Gasteiger partial charge in [0, 0.05) is 11.8 Å². The summed E-state index contributed by atoms with van der Waals surface area (Å²) >= 11 is 0. The summed E-state index contributed by atoms with van der Waals surface area (Å²) in [6.45, 7) is 5.08. The zero-order valence-corrected chi connectivity index (χ0v) is 20.3. The summed E-state index contributed by atoms with van der Waals surface area (Å²) in [5.41, 5.74) is 0. The molecule has 0 saturated heterocycles. The van der Waals surface area contributed by atoms with E-state index < -0.39 is 0 Å². The molecule has 0 aromatic rings. The molecule has 0 bridgehead atoms. The van der Waals surface area contributed by atoms with E-state index in [1.165, 1.54) is 116 Å². The Labute approximate surface area is 187 Å². The molecule has 0 amide bonds. The number of carbonyl (C=O) groups is 1. The summed E-state index contributed by atoms with van der Waals surface area (Å²) in [5, 5.41) is 0.